The Morgan fingerprint density at radius 3 is 2.47 bits per heavy atom. The molecule has 0 saturated heterocycles. The fourth-order valence-electron chi connectivity index (χ4n) is 1.28. The van der Waals surface area contributed by atoms with Crippen LogP contribution >= 0.6 is 27.3 Å². The minimum absolute atomic E-state index is 0.0110. The predicted octanol–water partition coefficient (Wildman–Crippen LogP) is 2.92. The standard InChI is InChI=1S/C11H16BrNO4S2/c1-11(2,3)4-5-13-19(16,17)8-6-7(10(14)15)18-9(8)12/h6,13H,4-5H2,1-3H3,(H,14,15). The molecule has 0 radical (unpaired) electrons. The van der Waals surface area contributed by atoms with Gasteiger partial charge in [0.1, 0.15) is 9.77 Å². The summed E-state index contributed by atoms with van der Waals surface area (Å²) >= 11 is 3.97. The van der Waals surface area contributed by atoms with Crippen LogP contribution in [0.15, 0.2) is 14.7 Å². The summed E-state index contributed by atoms with van der Waals surface area (Å²) in [5.41, 5.74) is 0.0284. The Morgan fingerprint density at radius 2 is 2.05 bits per heavy atom. The van der Waals surface area contributed by atoms with Gasteiger partial charge in [0.25, 0.3) is 0 Å². The molecule has 1 aromatic heterocycles. The van der Waals surface area contributed by atoms with E-state index in [9.17, 15) is 13.2 Å². The zero-order valence-corrected chi connectivity index (χ0v) is 14.1. The molecule has 1 aromatic rings. The van der Waals surface area contributed by atoms with E-state index in [1.165, 1.54) is 0 Å². The van der Waals surface area contributed by atoms with Crippen LogP contribution in [0.4, 0.5) is 0 Å². The van der Waals surface area contributed by atoms with Crippen molar-refractivity contribution in [1.29, 1.82) is 0 Å². The van der Waals surface area contributed by atoms with Gasteiger partial charge in [0.05, 0.1) is 3.79 Å². The third kappa shape index (κ3) is 4.87. The second-order valence-electron chi connectivity index (χ2n) is 5.26. The predicted molar refractivity (Wildman–Crippen MR) is 78.2 cm³/mol. The van der Waals surface area contributed by atoms with Crippen molar-refractivity contribution in [2.45, 2.75) is 32.1 Å². The molecule has 2 N–H and O–H groups in total. The highest BCUT2D eigenvalue weighted by Crippen LogP contribution is 2.31. The number of rotatable bonds is 5. The van der Waals surface area contributed by atoms with Crippen molar-refractivity contribution in [1.82, 2.24) is 4.72 Å². The Hall–Kier alpha value is -0.440. The maximum absolute atomic E-state index is 12.0. The summed E-state index contributed by atoms with van der Waals surface area (Å²) in [6.45, 7) is 6.37. The van der Waals surface area contributed by atoms with Crippen LogP contribution in [0.5, 0.6) is 0 Å². The van der Waals surface area contributed by atoms with Crippen molar-refractivity contribution < 1.29 is 18.3 Å². The van der Waals surface area contributed by atoms with Crippen LogP contribution in [0.1, 0.15) is 36.9 Å². The molecule has 0 fully saturated rings. The van der Waals surface area contributed by atoms with Gasteiger partial charge in [-0.15, -0.1) is 11.3 Å². The van der Waals surface area contributed by atoms with Gasteiger partial charge in [-0.25, -0.2) is 17.9 Å². The third-order valence-electron chi connectivity index (χ3n) is 2.32. The molecule has 8 heteroatoms. The number of carboxylic acids is 1. The highest BCUT2D eigenvalue weighted by atomic mass is 79.9. The molecular formula is C11H16BrNO4S2. The molecule has 0 aliphatic rings. The van der Waals surface area contributed by atoms with Crippen molar-refractivity contribution in [2.75, 3.05) is 6.54 Å². The normalized spacial score (nSPS) is 12.6. The molecule has 0 aliphatic heterocycles. The first-order valence-corrected chi connectivity index (χ1v) is 8.64. The number of halogens is 1. The fraction of sp³-hybridized carbons (Fsp3) is 0.545. The van der Waals surface area contributed by atoms with Crippen molar-refractivity contribution in [3.05, 3.63) is 14.7 Å². The highest BCUT2D eigenvalue weighted by Gasteiger charge is 2.23. The number of sulfonamides is 1. The third-order valence-corrected chi connectivity index (χ3v) is 6.02. The molecule has 0 unspecified atom stereocenters. The van der Waals surface area contributed by atoms with Crippen molar-refractivity contribution in [3.63, 3.8) is 0 Å². The van der Waals surface area contributed by atoms with E-state index in [0.29, 0.717) is 16.8 Å². The molecule has 0 saturated carbocycles. The van der Waals surface area contributed by atoms with Gasteiger partial charge in [-0.05, 0) is 33.8 Å². The first kappa shape index (κ1) is 16.6. The fourth-order valence-corrected chi connectivity index (χ4v) is 4.71. The zero-order chi connectivity index (χ0) is 14.8. The largest absolute Gasteiger partial charge is 0.477 e. The van der Waals surface area contributed by atoms with Gasteiger partial charge in [-0.3, -0.25) is 0 Å². The van der Waals surface area contributed by atoms with E-state index >= 15 is 0 Å². The summed E-state index contributed by atoms with van der Waals surface area (Å²) in [4.78, 5) is 10.8. The quantitative estimate of drug-likeness (QED) is 0.835. The lowest BCUT2D eigenvalue weighted by Gasteiger charge is -2.17. The lowest BCUT2D eigenvalue weighted by atomic mass is 9.93. The van der Waals surface area contributed by atoms with Gasteiger partial charge < -0.3 is 5.11 Å². The van der Waals surface area contributed by atoms with Crippen LogP contribution in [-0.2, 0) is 10.0 Å². The van der Waals surface area contributed by atoms with E-state index in [4.69, 9.17) is 5.11 Å². The summed E-state index contributed by atoms with van der Waals surface area (Å²) in [5, 5.41) is 8.85. The van der Waals surface area contributed by atoms with Gasteiger partial charge in [0.15, 0.2) is 0 Å². The molecule has 0 atom stereocenters. The number of hydrogen-bond acceptors (Lipinski definition) is 4. The Morgan fingerprint density at radius 1 is 1.47 bits per heavy atom. The summed E-state index contributed by atoms with van der Waals surface area (Å²) in [7, 11) is -3.68. The lowest BCUT2D eigenvalue weighted by Crippen LogP contribution is -2.27. The van der Waals surface area contributed by atoms with Crippen LogP contribution < -0.4 is 4.72 Å². The van der Waals surface area contributed by atoms with Crippen LogP contribution in [0.25, 0.3) is 0 Å². The number of nitrogens with one attached hydrogen (secondary N) is 1. The van der Waals surface area contributed by atoms with Crippen LogP contribution in [0.2, 0.25) is 0 Å². The first-order valence-electron chi connectivity index (χ1n) is 5.55. The summed E-state index contributed by atoms with van der Waals surface area (Å²) in [6.07, 6.45) is 0.694. The second-order valence-corrected chi connectivity index (χ2v) is 9.37. The molecule has 0 bridgehead atoms. The zero-order valence-electron chi connectivity index (χ0n) is 10.9. The summed E-state index contributed by atoms with van der Waals surface area (Å²) in [6, 6.07) is 1.16. The van der Waals surface area contributed by atoms with Crippen LogP contribution in [0, 0.1) is 5.41 Å². The van der Waals surface area contributed by atoms with Crippen molar-refractivity contribution in [3.8, 4) is 0 Å². The highest BCUT2D eigenvalue weighted by molar-refractivity contribution is 9.11. The molecule has 0 aliphatic carbocycles. The van der Waals surface area contributed by atoms with Gasteiger partial charge in [0.2, 0.25) is 10.0 Å². The van der Waals surface area contributed by atoms with Gasteiger partial charge in [-0.1, -0.05) is 20.8 Å². The topological polar surface area (TPSA) is 83.5 Å². The van der Waals surface area contributed by atoms with E-state index in [1.54, 1.807) is 0 Å². The molecule has 5 nitrogen and oxygen atoms in total. The molecule has 108 valence electrons. The first-order chi connectivity index (χ1) is 8.53. The monoisotopic (exact) mass is 369 g/mol. The van der Waals surface area contributed by atoms with Gasteiger partial charge in [0, 0.05) is 6.54 Å². The minimum atomic E-state index is -3.68. The van der Waals surface area contributed by atoms with Crippen molar-refractivity contribution in [2.24, 2.45) is 5.41 Å². The average molecular weight is 370 g/mol. The van der Waals surface area contributed by atoms with E-state index in [2.05, 4.69) is 20.7 Å². The van der Waals surface area contributed by atoms with E-state index in [-0.39, 0.29) is 15.2 Å². The number of thiophene rings is 1. The SMILES string of the molecule is CC(C)(C)CCNS(=O)(=O)c1cc(C(=O)O)sc1Br. The van der Waals surface area contributed by atoms with Gasteiger partial charge >= 0.3 is 5.97 Å². The van der Waals surface area contributed by atoms with E-state index in [1.807, 2.05) is 20.8 Å². The Labute approximate surface area is 125 Å². The number of carbonyl (C=O) groups is 1. The van der Waals surface area contributed by atoms with Crippen LogP contribution in [0.3, 0.4) is 0 Å². The van der Waals surface area contributed by atoms with E-state index < -0.39 is 16.0 Å². The smallest absolute Gasteiger partial charge is 0.345 e. The molecular weight excluding hydrogens is 354 g/mol. The molecule has 1 rings (SSSR count). The lowest BCUT2D eigenvalue weighted by molar-refractivity contribution is 0.0702. The molecule has 1 heterocycles. The summed E-state index contributed by atoms with van der Waals surface area (Å²) in [5.74, 6) is -1.14. The number of hydrogen-bond donors (Lipinski definition) is 2. The molecule has 0 amide bonds. The maximum Gasteiger partial charge on any atom is 0.345 e. The maximum atomic E-state index is 12.0. The Kier molecular flexibility index (Phi) is 5.16. The van der Waals surface area contributed by atoms with Gasteiger partial charge in [-0.2, -0.15) is 0 Å². The molecule has 0 aromatic carbocycles. The van der Waals surface area contributed by atoms with E-state index in [0.717, 1.165) is 17.4 Å². The Balaban J connectivity index is 2.86. The molecule has 19 heavy (non-hydrogen) atoms. The van der Waals surface area contributed by atoms with Crippen LogP contribution in [-0.4, -0.2) is 26.0 Å². The average Bonchev–Trinajstić information content (AvgIpc) is 2.58. The minimum Gasteiger partial charge on any atom is -0.477 e. The Bertz CT molecular complexity index is 572. The number of aromatic carboxylic acids is 1. The molecule has 0 spiro atoms. The number of carboxylic acid groups (broad SMARTS) is 1. The summed E-state index contributed by atoms with van der Waals surface area (Å²) < 4.78 is 26.9. The second kappa shape index (κ2) is 5.90. The van der Waals surface area contributed by atoms with Crippen molar-refractivity contribution >= 4 is 43.3 Å².